The van der Waals surface area contributed by atoms with Crippen LogP contribution in [0.3, 0.4) is 0 Å². The minimum Gasteiger partial charge on any atom is -0.385 e. The van der Waals surface area contributed by atoms with Gasteiger partial charge in [-0.1, -0.05) is 19.9 Å². The number of hydrogen-bond donors (Lipinski definition) is 3. The zero-order valence-corrected chi connectivity index (χ0v) is 14.8. The van der Waals surface area contributed by atoms with Crippen LogP contribution in [-0.4, -0.2) is 20.1 Å². The molecule has 0 bridgehead atoms. The first-order chi connectivity index (χ1) is 12.1. The number of benzene rings is 1. The Hall–Kier alpha value is -2.40. The SMILES string of the molecule is CCC(O)(CC)c1ccc2[nH]c3c(c2c1)-c1nc(N)ncc1CCC3. The molecule has 0 fully saturated rings. The summed E-state index contributed by atoms with van der Waals surface area (Å²) in [5, 5.41) is 12.0. The van der Waals surface area contributed by atoms with Gasteiger partial charge in [0.25, 0.3) is 0 Å². The second-order valence-electron chi connectivity index (χ2n) is 6.93. The molecule has 0 amide bonds. The van der Waals surface area contributed by atoms with Crippen molar-refractivity contribution in [2.45, 2.75) is 51.6 Å². The van der Waals surface area contributed by atoms with E-state index in [1.807, 2.05) is 26.1 Å². The molecule has 0 spiro atoms. The topological polar surface area (TPSA) is 87.8 Å². The lowest BCUT2D eigenvalue weighted by atomic mass is 9.87. The molecule has 1 aromatic carbocycles. The predicted molar refractivity (Wildman–Crippen MR) is 100 cm³/mol. The Morgan fingerprint density at radius 1 is 1.24 bits per heavy atom. The van der Waals surface area contributed by atoms with Crippen molar-refractivity contribution in [2.75, 3.05) is 5.73 Å². The summed E-state index contributed by atoms with van der Waals surface area (Å²) in [4.78, 5) is 12.3. The lowest BCUT2D eigenvalue weighted by Crippen LogP contribution is -2.23. The third kappa shape index (κ3) is 2.50. The number of nitrogen functional groups attached to an aromatic ring is 1. The largest absolute Gasteiger partial charge is 0.385 e. The van der Waals surface area contributed by atoms with Crippen LogP contribution in [0, 0.1) is 0 Å². The number of nitrogens with two attached hydrogens (primary N) is 1. The van der Waals surface area contributed by atoms with Gasteiger partial charge >= 0.3 is 0 Å². The summed E-state index contributed by atoms with van der Waals surface area (Å²) in [7, 11) is 0. The quantitative estimate of drug-likeness (QED) is 0.680. The van der Waals surface area contributed by atoms with Gasteiger partial charge in [-0.25, -0.2) is 9.97 Å². The lowest BCUT2D eigenvalue weighted by Gasteiger charge is -2.26. The van der Waals surface area contributed by atoms with E-state index in [1.54, 1.807) is 0 Å². The maximum absolute atomic E-state index is 10.9. The van der Waals surface area contributed by atoms with Gasteiger partial charge in [-0.05, 0) is 55.4 Å². The van der Waals surface area contributed by atoms with Crippen molar-refractivity contribution in [3.63, 3.8) is 0 Å². The van der Waals surface area contributed by atoms with E-state index in [0.29, 0.717) is 18.8 Å². The molecule has 0 saturated heterocycles. The molecule has 1 aliphatic carbocycles. The first-order valence-corrected chi connectivity index (χ1v) is 9.05. The molecular weight excluding hydrogens is 312 g/mol. The van der Waals surface area contributed by atoms with Gasteiger partial charge in [0.2, 0.25) is 5.95 Å². The number of aromatic nitrogens is 3. The van der Waals surface area contributed by atoms with Crippen LogP contribution in [-0.2, 0) is 18.4 Å². The number of aromatic amines is 1. The van der Waals surface area contributed by atoms with Gasteiger partial charge in [-0.2, -0.15) is 0 Å². The van der Waals surface area contributed by atoms with E-state index in [2.05, 4.69) is 27.1 Å². The molecule has 5 heteroatoms. The maximum Gasteiger partial charge on any atom is 0.220 e. The first kappa shape index (κ1) is 16.1. The minimum atomic E-state index is -0.795. The van der Waals surface area contributed by atoms with Crippen molar-refractivity contribution in [1.29, 1.82) is 0 Å². The standard InChI is InChI=1S/C20H24N4O/c1-3-20(25,4-2)13-8-9-15-14(10-13)17-16(23-15)7-5-6-12-11-22-19(21)24-18(12)17/h8-11,23,25H,3-7H2,1-2H3,(H2,21,22,24). The number of aliphatic hydroxyl groups is 1. The number of hydrogen-bond acceptors (Lipinski definition) is 4. The molecule has 1 aliphatic rings. The average molecular weight is 336 g/mol. The normalized spacial score (nSPS) is 14.2. The Morgan fingerprint density at radius 2 is 2.04 bits per heavy atom. The van der Waals surface area contributed by atoms with Gasteiger partial charge in [-0.3, -0.25) is 0 Å². The summed E-state index contributed by atoms with van der Waals surface area (Å²) in [6.45, 7) is 4.04. The lowest BCUT2D eigenvalue weighted by molar-refractivity contribution is 0.0285. The zero-order valence-electron chi connectivity index (χ0n) is 14.8. The van der Waals surface area contributed by atoms with Gasteiger partial charge in [-0.15, -0.1) is 0 Å². The highest BCUT2D eigenvalue weighted by Gasteiger charge is 2.27. The number of fused-ring (bicyclic) bond motifs is 5. The number of nitrogens with one attached hydrogen (secondary N) is 1. The number of H-pyrrole nitrogens is 1. The van der Waals surface area contributed by atoms with Crippen LogP contribution in [0.2, 0.25) is 0 Å². The van der Waals surface area contributed by atoms with E-state index in [9.17, 15) is 5.11 Å². The Bertz CT molecular complexity index is 940. The molecule has 3 aromatic rings. The van der Waals surface area contributed by atoms with Crippen LogP contribution in [0.15, 0.2) is 24.4 Å². The van der Waals surface area contributed by atoms with E-state index >= 15 is 0 Å². The van der Waals surface area contributed by atoms with E-state index in [-0.39, 0.29) is 0 Å². The molecule has 5 nitrogen and oxygen atoms in total. The smallest absolute Gasteiger partial charge is 0.220 e. The summed E-state index contributed by atoms with van der Waals surface area (Å²) in [5.41, 5.74) is 11.5. The number of nitrogens with zero attached hydrogens (tertiary/aromatic N) is 2. The highest BCUT2D eigenvalue weighted by atomic mass is 16.3. The van der Waals surface area contributed by atoms with Crippen LogP contribution in [0.25, 0.3) is 22.2 Å². The van der Waals surface area contributed by atoms with Gasteiger partial charge < -0.3 is 15.8 Å². The fraction of sp³-hybridized carbons (Fsp3) is 0.400. The molecule has 4 rings (SSSR count). The van der Waals surface area contributed by atoms with Crippen molar-refractivity contribution in [1.82, 2.24) is 15.0 Å². The van der Waals surface area contributed by atoms with Crippen LogP contribution in [0.1, 0.15) is 49.9 Å². The molecule has 0 saturated carbocycles. The zero-order chi connectivity index (χ0) is 17.6. The second-order valence-corrected chi connectivity index (χ2v) is 6.93. The third-order valence-electron chi connectivity index (χ3n) is 5.58. The van der Waals surface area contributed by atoms with Gasteiger partial charge in [0.15, 0.2) is 0 Å². The summed E-state index contributed by atoms with van der Waals surface area (Å²) in [5.74, 6) is 0.302. The van der Waals surface area contributed by atoms with Gasteiger partial charge in [0, 0.05) is 28.4 Å². The summed E-state index contributed by atoms with van der Waals surface area (Å²) < 4.78 is 0. The van der Waals surface area contributed by atoms with E-state index < -0.39 is 5.60 Å². The number of anilines is 1. The van der Waals surface area contributed by atoms with E-state index in [4.69, 9.17) is 5.73 Å². The van der Waals surface area contributed by atoms with Crippen LogP contribution < -0.4 is 5.73 Å². The predicted octanol–water partition coefficient (Wildman–Crippen LogP) is 3.70. The van der Waals surface area contributed by atoms with Crippen molar-refractivity contribution < 1.29 is 5.11 Å². The maximum atomic E-state index is 10.9. The molecule has 0 unspecified atom stereocenters. The highest BCUT2D eigenvalue weighted by molar-refractivity contribution is 5.98. The summed E-state index contributed by atoms with van der Waals surface area (Å²) >= 11 is 0. The molecule has 0 aliphatic heterocycles. The monoisotopic (exact) mass is 336 g/mol. The molecule has 0 radical (unpaired) electrons. The molecule has 4 N–H and O–H groups in total. The van der Waals surface area contributed by atoms with Crippen molar-refractivity contribution in [2.24, 2.45) is 0 Å². The Kier molecular flexibility index (Phi) is 3.76. The van der Waals surface area contributed by atoms with Gasteiger partial charge in [0.05, 0.1) is 11.3 Å². The van der Waals surface area contributed by atoms with Crippen molar-refractivity contribution in [3.8, 4) is 11.3 Å². The van der Waals surface area contributed by atoms with Crippen molar-refractivity contribution >= 4 is 16.9 Å². The number of aryl methyl sites for hydroxylation is 2. The summed E-state index contributed by atoms with van der Waals surface area (Å²) in [6, 6.07) is 6.21. The molecule has 25 heavy (non-hydrogen) atoms. The van der Waals surface area contributed by atoms with E-state index in [1.165, 1.54) is 5.69 Å². The molecule has 2 aromatic heterocycles. The second kappa shape index (κ2) is 5.85. The van der Waals surface area contributed by atoms with Crippen LogP contribution in [0.4, 0.5) is 5.95 Å². The Labute approximate surface area is 147 Å². The molecule has 130 valence electrons. The van der Waals surface area contributed by atoms with Crippen LogP contribution in [0.5, 0.6) is 0 Å². The Balaban J connectivity index is 2.00. The minimum absolute atomic E-state index is 0.302. The molecular formula is C20H24N4O. The summed E-state index contributed by atoms with van der Waals surface area (Å²) in [6.07, 6.45) is 6.21. The molecule has 2 heterocycles. The third-order valence-corrected chi connectivity index (χ3v) is 5.58. The fourth-order valence-corrected chi connectivity index (χ4v) is 3.93. The molecule has 0 atom stereocenters. The number of rotatable bonds is 3. The fourth-order valence-electron chi connectivity index (χ4n) is 3.93. The van der Waals surface area contributed by atoms with E-state index in [0.717, 1.165) is 52.5 Å². The van der Waals surface area contributed by atoms with Crippen molar-refractivity contribution in [3.05, 3.63) is 41.2 Å². The highest BCUT2D eigenvalue weighted by Crippen LogP contribution is 2.39. The first-order valence-electron chi connectivity index (χ1n) is 9.05. The Morgan fingerprint density at radius 3 is 2.80 bits per heavy atom. The average Bonchev–Trinajstić information content (AvgIpc) is 2.89. The van der Waals surface area contributed by atoms with Gasteiger partial charge in [0.1, 0.15) is 0 Å². The van der Waals surface area contributed by atoms with Crippen LogP contribution >= 0.6 is 0 Å².